The fourth-order valence-electron chi connectivity index (χ4n) is 4.27. The highest BCUT2D eigenvalue weighted by molar-refractivity contribution is 8.00. The molecule has 2 aromatic rings. The third-order valence-corrected chi connectivity index (χ3v) is 8.36. The molecule has 3 unspecified atom stereocenters. The van der Waals surface area contributed by atoms with E-state index in [-0.39, 0.29) is 17.1 Å². The first-order valence-electron chi connectivity index (χ1n) is 14.1. The molecule has 2 amide bonds. The topological polar surface area (TPSA) is 81.1 Å². The van der Waals surface area contributed by atoms with E-state index >= 15 is 0 Å². The maximum atomic E-state index is 12.5. The number of unbranched alkanes of at least 4 members (excludes halogenated alkanes) is 2. The molecule has 0 bridgehead atoms. The Kier molecular flexibility index (Phi) is 14.3. The van der Waals surface area contributed by atoms with E-state index in [4.69, 9.17) is 0 Å². The minimum atomic E-state index is -1.16. The Balaban J connectivity index is 0.000000247. The fraction of sp³-hybridized carbons (Fsp3) is 0.500. The first kappa shape index (κ1) is 33.9. The summed E-state index contributed by atoms with van der Waals surface area (Å²) in [4.78, 5) is 27.0. The molecular formula is C32H46N2O4S2. The van der Waals surface area contributed by atoms with E-state index < -0.39 is 11.4 Å². The van der Waals surface area contributed by atoms with Gasteiger partial charge in [0.15, 0.2) is 5.72 Å². The van der Waals surface area contributed by atoms with Crippen LogP contribution in [-0.4, -0.2) is 60.0 Å². The molecule has 0 aliphatic carbocycles. The van der Waals surface area contributed by atoms with Gasteiger partial charge in [-0.25, -0.2) is 0 Å². The predicted molar refractivity (Wildman–Crippen MR) is 169 cm³/mol. The Hall–Kier alpha value is -2.26. The van der Waals surface area contributed by atoms with Crippen LogP contribution in [0.15, 0.2) is 72.8 Å². The lowest BCUT2D eigenvalue weighted by molar-refractivity contribution is -0.144. The van der Waals surface area contributed by atoms with E-state index in [2.05, 4.69) is 26.5 Å². The van der Waals surface area contributed by atoms with Crippen molar-refractivity contribution in [3.63, 3.8) is 0 Å². The van der Waals surface area contributed by atoms with E-state index in [1.807, 2.05) is 60.7 Å². The van der Waals surface area contributed by atoms with Crippen molar-refractivity contribution in [3.05, 3.63) is 83.9 Å². The largest absolute Gasteiger partial charge is 0.371 e. The molecule has 6 nitrogen and oxygen atoms in total. The van der Waals surface area contributed by atoms with Gasteiger partial charge in [0.2, 0.25) is 11.8 Å². The van der Waals surface area contributed by atoms with Crippen LogP contribution < -0.4 is 0 Å². The lowest BCUT2D eigenvalue weighted by Crippen LogP contribution is -2.43. The van der Waals surface area contributed by atoms with Gasteiger partial charge in [-0.1, -0.05) is 87.4 Å². The summed E-state index contributed by atoms with van der Waals surface area (Å²) < 4.78 is 0. The van der Waals surface area contributed by atoms with Gasteiger partial charge in [0.1, 0.15) is 5.72 Å². The number of hydrogen-bond acceptors (Lipinski definition) is 6. The number of likely N-dealkylation sites (tertiary alicyclic amines) is 1. The molecule has 4 rings (SSSR count). The summed E-state index contributed by atoms with van der Waals surface area (Å²) in [5.74, 6) is 1.95. The lowest BCUT2D eigenvalue weighted by Gasteiger charge is -2.29. The van der Waals surface area contributed by atoms with E-state index in [0.717, 1.165) is 35.5 Å². The Morgan fingerprint density at radius 2 is 1.40 bits per heavy atom. The first-order chi connectivity index (χ1) is 19.1. The summed E-state index contributed by atoms with van der Waals surface area (Å²) in [5.41, 5.74) is -0.126. The molecule has 2 aliphatic rings. The number of thiol groups is 1. The van der Waals surface area contributed by atoms with E-state index in [0.29, 0.717) is 19.5 Å². The fourth-order valence-corrected chi connectivity index (χ4v) is 6.03. The SMILES string of the molecule is CC1(O)C=CC(=O)N1Cc1ccccc1.CCCCS.CCCCSC1CC(C)(O)N(Cc2ccccc2)C1=O. The van der Waals surface area contributed by atoms with E-state index in [1.54, 1.807) is 30.5 Å². The molecule has 1 fully saturated rings. The van der Waals surface area contributed by atoms with Crippen molar-refractivity contribution in [2.45, 2.75) is 89.6 Å². The molecule has 2 aliphatic heterocycles. The Labute approximate surface area is 250 Å². The Morgan fingerprint density at radius 1 is 0.875 bits per heavy atom. The Morgan fingerprint density at radius 3 is 1.82 bits per heavy atom. The van der Waals surface area contributed by atoms with Crippen LogP contribution in [0.2, 0.25) is 0 Å². The van der Waals surface area contributed by atoms with Gasteiger partial charge >= 0.3 is 0 Å². The first-order valence-corrected chi connectivity index (χ1v) is 15.8. The summed E-state index contributed by atoms with van der Waals surface area (Å²) >= 11 is 5.68. The van der Waals surface area contributed by atoms with Crippen LogP contribution in [0.25, 0.3) is 0 Å². The zero-order chi connectivity index (χ0) is 29.6. The zero-order valence-electron chi connectivity index (χ0n) is 24.3. The number of carbonyl (C=O) groups excluding carboxylic acids is 2. The maximum absolute atomic E-state index is 12.5. The number of carbonyl (C=O) groups is 2. The summed E-state index contributed by atoms with van der Waals surface area (Å²) in [7, 11) is 0. The van der Waals surface area contributed by atoms with Crippen molar-refractivity contribution >= 4 is 36.2 Å². The maximum Gasteiger partial charge on any atom is 0.249 e. The van der Waals surface area contributed by atoms with Crippen LogP contribution in [0.1, 0.15) is 70.9 Å². The Bertz CT molecular complexity index is 1060. The number of thioether (sulfide) groups is 1. The van der Waals surface area contributed by atoms with Crippen LogP contribution in [0, 0.1) is 0 Å². The molecule has 220 valence electrons. The summed E-state index contributed by atoms with van der Waals surface area (Å²) in [5, 5.41) is 20.3. The highest BCUT2D eigenvalue weighted by Crippen LogP contribution is 2.36. The van der Waals surface area contributed by atoms with Crippen LogP contribution in [-0.2, 0) is 22.7 Å². The van der Waals surface area contributed by atoms with Crippen LogP contribution in [0.4, 0.5) is 0 Å². The highest BCUT2D eigenvalue weighted by atomic mass is 32.2. The number of rotatable bonds is 10. The van der Waals surface area contributed by atoms with E-state index in [1.165, 1.54) is 29.9 Å². The van der Waals surface area contributed by atoms with Crippen LogP contribution in [0.5, 0.6) is 0 Å². The van der Waals surface area contributed by atoms with Gasteiger partial charge in [-0.15, -0.1) is 11.8 Å². The number of hydrogen-bond donors (Lipinski definition) is 3. The number of benzene rings is 2. The molecule has 2 N–H and O–H groups in total. The van der Waals surface area contributed by atoms with E-state index in [9.17, 15) is 19.8 Å². The van der Waals surface area contributed by atoms with Gasteiger partial charge in [-0.05, 0) is 55.4 Å². The second kappa shape index (κ2) is 16.9. The van der Waals surface area contributed by atoms with Crippen molar-refractivity contribution in [1.82, 2.24) is 9.80 Å². The van der Waals surface area contributed by atoms with Crippen molar-refractivity contribution in [3.8, 4) is 0 Å². The molecule has 3 atom stereocenters. The van der Waals surface area contributed by atoms with Gasteiger partial charge in [0.25, 0.3) is 0 Å². The molecule has 0 saturated carbocycles. The second-order valence-electron chi connectivity index (χ2n) is 10.5. The van der Waals surface area contributed by atoms with Gasteiger partial charge in [-0.2, -0.15) is 12.6 Å². The second-order valence-corrected chi connectivity index (χ2v) is 12.2. The molecule has 2 aromatic carbocycles. The summed E-state index contributed by atoms with van der Waals surface area (Å²) in [6.07, 6.45) is 8.22. The molecule has 8 heteroatoms. The van der Waals surface area contributed by atoms with Crippen molar-refractivity contribution in [1.29, 1.82) is 0 Å². The number of amides is 2. The van der Waals surface area contributed by atoms with Gasteiger partial charge < -0.3 is 20.0 Å². The normalized spacial score (nSPS) is 23.5. The molecule has 0 spiro atoms. The minimum Gasteiger partial charge on any atom is -0.371 e. The molecule has 1 saturated heterocycles. The predicted octanol–water partition coefficient (Wildman–Crippen LogP) is 6.04. The summed E-state index contributed by atoms with van der Waals surface area (Å²) in [6.45, 7) is 8.58. The quantitative estimate of drug-likeness (QED) is 0.234. The zero-order valence-corrected chi connectivity index (χ0v) is 26.0. The number of nitrogens with zero attached hydrogens (tertiary/aromatic N) is 2. The monoisotopic (exact) mass is 586 g/mol. The third-order valence-electron chi connectivity index (χ3n) is 6.74. The number of aliphatic hydroxyl groups is 2. The smallest absolute Gasteiger partial charge is 0.249 e. The summed E-state index contributed by atoms with van der Waals surface area (Å²) in [6, 6.07) is 19.5. The van der Waals surface area contributed by atoms with Gasteiger partial charge in [0, 0.05) is 25.6 Å². The highest BCUT2D eigenvalue weighted by Gasteiger charge is 2.46. The molecule has 0 aromatic heterocycles. The van der Waals surface area contributed by atoms with Crippen LogP contribution >= 0.6 is 24.4 Å². The standard InChI is InChI=1S/C16H23NO2S.C12H13NO2.C4H10S/c1-3-4-10-20-14-11-16(2,19)17(15(14)18)12-13-8-6-5-7-9-13;1-12(15)8-7-11(14)13(12)9-10-5-3-2-4-6-10;1-2-3-4-5/h5-9,14,19H,3-4,10-12H2,1-2H3;2-8,15H,9H2,1H3;5H,2-4H2,1H3. The molecule has 40 heavy (non-hydrogen) atoms. The average molecular weight is 587 g/mol. The van der Waals surface area contributed by atoms with Crippen molar-refractivity contribution in [2.75, 3.05) is 11.5 Å². The molecule has 2 heterocycles. The van der Waals surface area contributed by atoms with Crippen molar-refractivity contribution < 1.29 is 19.8 Å². The average Bonchev–Trinajstić information content (AvgIpc) is 3.32. The third kappa shape index (κ3) is 10.6. The van der Waals surface area contributed by atoms with Crippen LogP contribution in [0.3, 0.4) is 0 Å². The van der Waals surface area contributed by atoms with Gasteiger partial charge in [-0.3, -0.25) is 9.59 Å². The van der Waals surface area contributed by atoms with Crippen molar-refractivity contribution in [2.24, 2.45) is 0 Å². The lowest BCUT2D eigenvalue weighted by atomic mass is 10.1. The molecular weight excluding hydrogens is 540 g/mol. The minimum absolute atomic E-state index is 0.0694. The molecule has 0 radical (unpaired) electrons. The van der Waals surface area contributed by atoms with Gasteiger partial charge in [0.05, 0.1) is 5.25 Å².